The Morgan fingerprint density at radius 1 is 1.23 bits per heavy atom. The molecule has 1 atom stereocenters. The van der Waals surface area contributed by atoms with Gasteiger partial charge in [-0.05, 0) is 57.6 Å². The Labute approximate surface area is 132 Å². The Morgan fingerprint density at radius 2 is 1.86 bits per heavy atom. The molecule has 1 unspecified atom stereocenters. The van der Waals surface area contributed by atoms with Crippen LogP contribution < -0.4 is 10.8 Å². The molecule has 1 N–H and O–H groups in total. The fourth-order valence-corrected chi connectivity index (χ4v) is 2.96. The van der Waals surface area contributed by atoms with Crippen molar-refractivity contribution in [1.82, 2.24) is 5.32 Å². The van der Waals surface area contributed by atoms with Gasteiger partial charge in [0.1, 0.15) is 0 Å². The van der Waals surface area contributed by atoms with Crippen molar-refractivity contribution in [3.63, 3.8) is 0 Å². The summed E-state index contributed by atoms with van der Waals surface area (Å²) in [5.41, 5.74) is 2.14. The van der Waals surface area contributed by atoms with E-state index < -0.39 is 0 Å². The molecule has 0 aliphatic carbocycles. The lowest BCUT2D eigenvalue weighted by Gasteiger charge is -2.32. The van der Waals surface area contributed by atoms with Crippen LogP contribution in [0.2, 0.25) is 0 Å². The number of carbonyl (C=O) groups excluding carboxylic acids is 1. The molecule has 2 heterocycles. The van der Waals surface area contributed by atoms with Crippen LogP contribution in [0.25, 0.3) is 0 Å². The van der Waals surface area contributed by atoms with Crippen LogP contribution >= 0.6 is 0 Å². The van der Waals surface area contributed by atoms with E-state index in [1.54, 1.807) is 0 Å². The van der Waals surface area contributed by atoms with Gasteiger partial charge in [0.25, 0.3) is 5.91 Å². The summed E-state index contributed by atoms with van der Waals surface area (Å²) in [6, 6.07) is 6.11. The van der Waals surface area contributed by atoms with Crippen LogP contribution in [0.15, 0.2) is 18.2 Å². The molecule has 3 rings (SSSR count). The number of fused-ring (bicyclic) bond motifs is 1. The third-order valence-corrected chi connectivity index (χ3v) is 5.19. The number of rotatable bonds is 2. The summed E-state index contributed by atoms with van der Waals surface area (Å²) in [5.74, 6) is 0.0218. The fourth-order valence-electron chi connectivity index (χ4n) is 2.96. The Morgan fingerprint density at radius 3 is 2.45 bits per heavy atom. The molecule has 1 saturated heterocycles. The predicted molar refractivity (Wildman–Crippen MR) is 87.4 cm³/mol. The van der Waals surface area contributed by atoms with Crippen LogP contribution in [0.3, 0.4) is 0 Å². The van der Waals surface area contributed by atoms with Crippen molar-refractivity contribution in [3.05, 3.63) is 29.3 Å². The molecule has 22 heavy (non-hydrogen) atoms. The minimum Gasteiger partial charge on any atom is -0.399 e. The molecule has 1 fully saturated rings. The van der Waals surface area contributed by atoms with Gasteiger partial charge in [0.05, 0.1) is 11.2 Å². The van der Waals surface area contributed by atoms with Crippen molar-refractivity contribution in [3.8, 4) is 0 Å². The summed E-state index contributed by atoms with van der Waals surface area (Å²) >= 11 is 0. The van der Waals surface area contributed by atoms with Crippen LogP contribution in [0.4, 0.5) is 0 Å². The number of benzene rings is 1. The smallest absolute Gasteiger partial charge is 0.399 e. The highest BCUT2D eigenvalue weighted by molar-refractivity contribution is 6.62. The van der Waals surface area contributed by atoms with Crippen molar-refractivity contribution in [2.75, 3.05) is 0 Å². The lowest BCUT2D eigenvalue weighted by molar-refractivity contribution is 0.00578. The number of nitrogens with one attached hydrogen (secondary N) is 1. The van der Waals surface area contributed by atoms with E-state index in [0.717, 1.165) is 29.4 Å². The summed E-state index contributed by atoms with van der Waals surface area (Å²) in [4.78, 5) is 12.1. The topological polar surface area (TPSA) is 47.6 Å². The van der Waals surface area contributed by atoms with Gasteiger partial charge in [-0.15, -0.1) is 0 Å². The minimum atomic E-state index is -0.375. The zero-order chi connectivity index (χ0) is 16.1. The molecule has 2 aliphatic rings. The maximum absolute atomic E-state index is 12.1. The van der Waals surface area contributed by atoms with Crippen molar-refractivity contribution in [2.45, 2.75) is 64.7 Å². The average Bonchev–Trinajstić information content (AvgIpc) is 2.66. The third-order valence-electron chi connectivity index (χ3n) is 5.19. The second-order valence-corrected chi connectivity index (χ2v) is 7.29. The van der Waals surface area contributed by atoms with E-state index in [9.17, 15) is 4.79 Å². The summed E-state index contributed by atoms with van der Waals surface area (Å²) in [5, 5.41) is 3.04. The molecule has 2 aliphatic heterocycles. The van der Waals surface area contributed by atoms with Gasteiger partial charge in [-0.25, -0.2) is 0 Å². The molecule has 0 bridgehead atoms. The first-order chi connectivity index (χ1) is 10.2. The number of carbonyl (C=O) groups is 1. The molecular weight excluding hydrogens is 277 g/mol. The molecular formula is C17H24BNO3. The Kier molecular flexibility index (Phi) is 3.61. The SMILES string of the molecule is CCC1Cc2cc(B3OC(C)(C)C(C)(C)O3)ccc2C(=O)N1. The van der Waals surface area contributed by atoms with E-state index in [2.05, 4.69) is 18.3 Å². The van der Waals surface area contributed by atoms with Crippen molar-refractivity contribution in [1.29, 1.82) is 0 Å². The summed E-state index contributed by atoms with van der Waals surface area (Å²) in [7, 11) is -0.375. The highest BCUT2D eigenvalue weighted by Gasteiger charge is 2.51. The average molecular weight is 301 g/mol. The number of hydrogen-bond acceptors (Lipinski definition) is 3. The van der Waals surface area contributed by atoms with E-state index in [1.807, 2.05) is 39.8 Å². The summed E-state index contributed by atoms with van der Waals surface area (Å²) in [6.07, 6.45) is 1.80. The van der Waals surface area contributed by atoms with Crippen LogP contribution in [-0.4, -0.2) is 30.3 Å². The van der Waals surface area contributed by atoms with Crippen LogP contribution in [0, 0.1) is 0 Å². The Bertz CT molecular complexity index is 596. The molecule has 0 radical (unpaired) electrons. The van der Waals surface area contributed by atoms with Gasteiger partial charge in [-0.3, -0.25) is 4.79 Å². The monoisotopic (exact) mass is 301 g/mol. The van der Waals surface area contributed by atoms with E-state index in [-0.39, 0.29) is 30.3 Å². The quantitative estimate of drug-likeness (QED) is 0.851. The van der Waals surface area contributed by atoms with Crippen molar-refractivity contribution >= 4 is 18.5 Å². The first-order valence-corrected chi connectivity index (χ1v) is 8.03. The molecule has 5 heteroatoms. The zero-order valence-corrected chi connectivity index (χ0v) is 14.0. The second kappa shape index (κ2) is 5.10. The van der Waals surface area contributed by atoms with Gasteiger partial charge in [0.2, 0.25) is 0 Å². The molecule has 4 nitrogen and oxygen atoms in total. The Balaban J connectivity index is 1.90. The van der Waals surface area contributed by atoms with Crippen molar-refractivity contribution < 1.29 is 14.1 Å². The molecule has 1 aromatic carbocycles. The molecule has 118 valence electrons. The first kappa shape index (κ1) is 15.6. The van der Waals surface area contributed by atoms with Crippen LogP contribution in [0.5, 0.6) is 0 Å². The lowest BCUT2D eigenvalue weighted by Crippen LogP contribution is -2.42. The van der Waals surface area contributed by atoms with Gasteiger partial charge in [0, 0.05) is 11.6 Å². The maximum Gasteiger partial charge on any atom is 0.494 e. The number of hydrogen-bond donors (Lipinski definition) is 1. The van der Waals surface area contributed by atoms with Gasteiger partial charge < -0.3 is 14.6 Å². The lowest BCUT2D eigenvalue weighted by atomic mass is 9.76. The van der Waals surface area contributed by atoms with Crippen LogP contribution in [-0.2, 0) is 15.7 Å². The predicted octanol–water partition coefficient (Wildman–Crippen LogP) is 2.05. The zero-order valence-electron chi connectivity index (χ0n) is 14.0. The molecule has 0 saturated carbocycles. The van der Waals surface area contributed by atoms with E-state index >= 15 is 0 Å². The van der Waals surface area contributed by atoms with Gasteiger partial charge in [-0.2, -0.15) is 0 Å². The standard InChI is InChI=1S/C17H24BNO3/c1-6-13-10-11-9-12(7-8-14(11)15(20)19-13)18-21-16(2,3)17(4,5)22-18/h7-9,13H,6,10H2,1-5H3,(H,19,20). The highest BCUT2D eigenvalue weighted by Crippen LogP contribution is 2.36. The molecule has 1 aromatic rings. The van der Waals surface area contributed by atoms with E-state index in [1.165, 1.54) is 0 Å². The first-order valence-electron chi connectivity index (χ1n) is 8.03. The summed E-state index contributed by atoms with van der Waals surface area (Å²) < 4.78 is 12.2. The normalized spacial score (nSPS) is 25.8. The van der Waals surface area contributed by atoms with Gasteiger partial charge in [-0.1, -0.05) is 19.1 Å². The third kappa shape index (κ3) is 2.46. The molecule has 0 spiro atoms. The summed E-state index contributed by atoms with van der Waals surface area (Å²) in [6.45, 7) is 10.3. The van der Waals surface area contributed by atoms with Gasteiger partial charge >= 0.3 is 7.12 Å². The Hall–Kier alpha value is -1.33. The van der Waals surface area contributed by atoms with Crippen molar-refractivity contribution in [2.24, 2.45) is 0 Å². The van der Waals surface area contributed by atoms with Crippen LogP contribution in [0.1, 0.15) is 57.0 Å². The van der Waals surface area contributed by atoms with E-state index in [0.29, 0.717) is 0 Å². The largest absolute Gasteiger partial charge is 0.494 e. The fraction of sp³-hybridized carbons (Fsp3) is 0.588. The molecule has 1 amide bonds. The second-order valence-electron chi connectivity index (χ2n) is 7.29. The molecule has 0 aromatic heterocycles. The minimum absolute atomic E-state index is 0.0218. The maximum atomic E-state index is 12.1. The van der Waals surface area contributed by atoms with Gasteiger partial charge in [0.15, 0.2) is 0 Å². The highest BCUT2D eigenvalue weighted by atomic mass is 16.7. The van der Waals surface area contributed by atoms with E-state index in [4.69, 9.17) is 9.31 Å². The number of amides is 1.